The zero-order chi connectivity index (χ0) is 17.3. The maximum Gasteiger partial charge on any atom is 0.336 e. The highest BCUT2D eigenvalue weighted by molar-refractivity contribution is 6.06. The lowest BCUT2D eigenvalue weighted by Gasteiger charge is -2.18. The Balaban J connectivity index is 3.04. The van der Waals surface area contributed by atoms with Crippen LogP contribution in [0.2, 0.25) is 0 Å². The van der Waals surface area contributed by atoms with Crippen LogP contribution >= 0.6 is 0 Å². The number of aryl methyl sites for hydroxylation is 1. The fourth-order valence-corrected chi connectivity index (χ4v) is 2.75. The molecule has 0 heterocycles. The highest BCUT2D eigenvalue weighted by Gasteiger charge is 2.24. The molecular weight excluding hydrogens is 300 g/mol. The number of carboxylic acids is 1. The number of methoxy groups -OCH3 is 2. The Morgan fingerprint density at radius 3 is 2.17 bits per heavy atom. The van der Waals surface area contributed by atoms with E-state index in [-0.39, 0.29) is 11.3 Å². The number of ether oxygens (including phenoxy) is 3. The molecule has 0 amide bonds. The van der Waals surface area contributed by atoms with Crippen molar-refractivity contribution in [3.63, 3.8) is 0 Å². The smallest absolute Gasteiger partial charge is 0.336 e. The highest BCUT2D eigenvalue weighted by Crippen LogP contribution is 2.42. The maximum atomic E-state index is 11.6. The molecule has 2 aromatic rings. The van der Waals surface area contributed by atoms with E-state index in [9.17, 15) is 14.7 Å². The van der Waals surface area contributed by atoms with Gasteiger partial charge in [-0.1, -0.05) is 0 Å². The highest BCUT2D eigenvalue weighted by atomic mass is 16.5. The van der Waals surface area contributed by atoms with Crippen molar-refractivity contribution in [1.82, 2.24) is 0 Å². The van der Waals surface area contributed by atoms with Crippen LogP contribution in [0, 0.1) is 13.8 Å². The second-order valence-corrected chi connectivity index (χ2v) is 5.11. The van der Waals surface area contributed by atoms with Crippen molar-refractivity contribution in [2.24, 2.45) is 0 Å². The molecule has 0 radical (unpaired) electrons. The third-order valence-electron chi connectivity index (χ3n) is 3.70. The molecule has 6 heteroatoms. The summed E-state index contributed by atoms with van der Waals surface area (Å²) in [6.07, 6.45) is 0. The van der Waals surface area contributed by atoms with Gasteiger partial charge in [-0.15, -0.1) is 0 Å². The summed E-state index contributed by atoms with van der Waals surface area (Å²) in [5, 5.41) is 10.7. The van der Waals surface area contributed by atoms with Crippen molar-refractivity contribution in [1.29, 1.82) is 0 Å². The topological polar surface area (TPSA) is 82.1 Å². The van der Waals surface area contributed by atoms with Crippen LogP contribution in [0.15, 0.2) is 12.1 Å². The quantitative estimate of drug-likeness (QED) is 0.689. The average Bonchev–Trinajstić information content (AvgIpc) is 2.49. The number of benzene rings is 2. The van der Waals surface area contributed by atoms with Crippen molar-refractivity contribution in [3.8, 4) is 17.2 Å². The SMILES string of the molecule is COc1cc(OC)c2c(C)c(C(=O)O)c(C)c(OC(C)=O)c2c1. The summed E-state index contributed by atoms with van der Waals surface area (Å²) < 4.78 is 15.9. The van der Waals surface area contributed by atoms with Gasteiger partial charge in [-0.25, -0.2) is 4.79 Å². The van der Waals surface area contributed by atoms with Gasteiger partial charge in [0.05, 0.1) is 19.8 Å². The molecule has 0 saturated carbocycles. The molecule has 23 heavy (non-hydrogen) atoms. The van der Waals surface area contributed by atoms with Crippen molar-refractivity contribution < 1.29 is 28.9 Å². The number of rotatable bonds is 4. The first kappa shape index (κ1) is 16.6. The van der Waals surface area contributed by atoms with Crippen LogP contribution in [0.25, 0.3) is 10.8 Å². The molecule has 0 spiro atoms. The van der Waals surface area contributed by atoms with Gasteiger partial charge < -0.3 is 19.3 Å². The second-order valence-electron chi connectivity index (χ2n) is 5.11. The number of hydrogen-bond acceptors (Lipinski definition) is 5. The van der Waals surface area contributed by atoms with E-state index in [1.54, 1.807) is 26.0 Å². The van der Waals surface area contributed by atoms with Crippen LogP contribution < -0.4 is 14.2 Å². The zero-order valence-electron chi connectivity index (χ0n) is 13.6. The summed E-state index contributed by atoms with van der Waals surface area (Å²) >= 11 is 0. The molecule has 0 atom stereocenters. The number of aromatic carboxylic acids is 1. The van der Waals surface area contributed by atoms with E-state index >= 15 is 0 Å². The van der Waals surface area contributed by atoms with Crippen molar-refractivity contribution in [2.75, 3.05) is 14.2 Å². The molecule has 0 unspecified atom stereocenters. The lowest BCUT2D eigenvalue weighted by Crippen LogP contribution is -2.10. The molecule has 1 N–H and O–H groups in total. The number of hydrogen-bond donors (Lipinski definition) is 1. The molecule has 0 aromatic heterocycles. The number of carbonyl (C=O) groups excluding carboxylic acids is 1. The number of fused-ring (bicyclic) bond motifs is 1. The molecule has 2 aromatic carbocycles. The minimum atomic E-state index is -1.09. The molecule has 0 saturated heterocycles. The molecule has 0 aliphatic carbocycles. The summed E-state index contributed by atoms with van der Waals surface area (Å²) in [5.41, 5.74) is 1.02. The summed E-state index contributed by atoms with van der Waals surface area (Å²) in [5.74, 6) is -0.449. The first-order chi connectivity index (χ1) is 10.8. The first-order valence-electron chi connectivity index (χ1n) is 6.92. The monoisotopic (exact) mass is 318 g/mol. The van der Waals surface area contributed by atoms with E-state index in [0.29, 0.717) is 33.4 Å². The van der Waals surface area contributed by atoms with Gasteiger partial charge in [0.25, 0.3) is 0 Å². The van der Waals surface area contributed by atoms with Gasteiger partial charge in [-0.3, -0.25) is 4.79 Å². The lowest BCUT2D eigenvalue weighted by atomic mass is 9.93. The molecule has 0 fully saturated rings. The Hall–Kier alpha value is -2.76. The third kappa shape index (κ3) is 2.79. The van der Waals surface area contributed by atoms with E-state index in [4.69, 9.17) is 14.2 Å². The van der Waals surface area contributed by atoms with E-state index < -0.39 is 11.9 Å². The molecule has 6 nitrogen and oxygen atoms in total. The Morgan fingerprint density at radius 1 is 1.04 bits per heavy atom. The van der Waals surface area contributed by atoms with E-state index in [1.165, 1.54) is 21.1 Å². The summed E-state index contributed by atoms with van der Waals surface area (Å²) in [4.78, 5) is 23.1. The normalized spacial score (nSPS) is 10.5. The van der Waals surface area contributed by atoms with E-state index in [0.717, 1.165) is 0 Å². The van der Waals surface area contributed by atoms with Crippen LogP contribution in [0.4, 0.5) is 0 Å². The second kappa shape index (κ2) is 6.16. The van der Waals surface area contributed by atoms with Gasteiger partial charge in [0, 0.05) is 29.3 Å². The van der Waals surface area contributed by atoms with Gasteiger partial charge in [-0.2, -0.15) is 0 Å². The Labute approximate surface area is 133 Å². The Morgan fingerprint density at radius 2 is 1.70 bits per heavy atom. The van der Waals surface area contributed by atoms with E-state index in [1.807, 2.05) is 0 Å². The van der Waals surface area contributed by atoms with Gasteiger partial charge in [0.1, 0.15) is 17.2 Å². The standard InChI is InChI=1S/C17H18O6/c1-8-14(17(19)20)9(2)16(23-10(3)18)12-6-11(21-4)7-13(22-5)15(8)12/h6-7H,1-5H3,(H,19,20). The Kier molecular flexibility index (Phi) is 4.45. The number of carbonyl (C=O) groups is 2. The van der Waals surface area contributed by atoms with Gasteiger partial charge in [0.2, 0.25) is 0 Å². The molecule has 0 bridgehead atoms. The first-order valence-corrected chi connectivity index (χ1v) is 6.92. The third-order valence-corrected chi connectivity index (χ3v) is 3.70. The number of esters is 1. The van der Waals surface area contributed by atoms with Gasteiger partial charge in [-0.05, 0) is 25.5 Å². The summed E-state index contributed by atoms with van der Waals surface area (Å²) in [6.45, 7) is 4.58. The Bertz CT molecular complexity index is 807. The van der Waals surface area contributed by atoms with Gasteiger partial charge >= 0.3 is 11.9 Å². The predicted octanol–water partition coefficient (Wildman–Crippen LogP) is 3.10. The van der Waals surface area contributed by atoms with Crippen molar-refractivity contribution in [3.05, 3.63) is 28.8 Å². The largest absolute Gasteiger partial charge is 0.497 e. The molecule has 0 aliphatic heterocycles. The van der Waals surface area contributed by atoms with Gasteiger partial charge in [0.15, 0.2) is 0 Å². The van der Waals surface area contributed by atoms with E-state index in [2.05, 4.69) is 0 Å². The fraction of sp³-hybridized carbons (Fsp3) is 0.294. The van der Waals surface area contributed by atoms with Crippen LogP contribution in [0.1, 0.15) is 28.4 Å². The molecule has 0 aliphatic rings. The predicted molar refractivity (Wildman–Crippen MR) is 84.8 cm³/mol. The maximum absolute atomic E-state index is 11.6. The molecule has 2 rings (SSSR count). The van der Waals surface area contributed by atoms with Crippen molar-refractivity contribution >= 4 is 22.7 Å². The summed E-state index contributed by atoms with van der Waals surface area (Å²) in [6, 6.07) is 3.36. The fourth-order valence-electron chi connectivity index (χ4n) is 2.75. The summed E-state index contributed by atoms with van der Waals surface area (Å²) in [7, 11) is 3.00. The minimum absolute atomic E-state index is 0.0946. The van der Waals surface area contributed by atoms with Crippen LogP contribution in [0.5, 0.6) is 17.2 Å². The van der Waals surface area contributed by atoms with Crippen LogP contribution in [0.3, 0.4) is 0 Å². The minimum Gasteiger partial charge on any atom is -0.497 e. The molecule has 122 valence electrons. The lowest BCUT2D eigenvalue weighted by molar-refractivity contribution is -0.131. The van der Waals surface area contributed by atoms with Crippen molar-refractivity contribution in [2.45, 2.75) is 20.8 Å². The average molecular weight is 318 g/mol. The zero-order valence-corrected chi connectivity index (χ0v) is 13.6. The molecular formula is C17H18O6. The van der Waals surface area contributed by atoms with Crippen LogP contribution in [-0.4, -0.2) is 31.3 Å². The van der Waals surface area contributed by atoms with Crippen LogP contribution in [-0.2, 0) is 4.79 Å². The number of carboxylic acid groups (broad SMARTS) is 1.